The standard InChI is InChI=1S/C29H26N4O5/c34-25-11-10-21(31-28(35)20-9-12-26-27(13-20)38-17-37-26)14-22(25)23-15-24(19-7-4-8-19)33(32-23)29(36)30-16-18-5-2-1-3-6-18/h1-3,5-6,9-15,19,34H,4,7-8,16-17H2,(H,30,36)(H,31,35). The summed E-state index contributed by atoms with van der Waals surface area (Å²) in [7, 11) is 0. The fraction of sp³-hybridized carbons (Fsp3) is 0.207. The second-order valence-electron chi connectivity index (χ2n) is 9.39. The maximum absolute atomic E-state index is 13.1. The van der Waals surface area contributed by atoms with E-state index in [1.807, 2.05) is 36.4 Å². The zero-order valence-electron chi connectivity index (χ0n) is 20.5. The molecule has 9 heteroatoms. The van der Waals surface area contributed by atoms with Crippen LogP contribution in [0, 0.1) is 0 Å². The topological polar surface area (TPSA) is 115 Å². The first-order valence-electron chi connectivity index (χ1n) is 12.5. The number of hydrogen-bond donors (Lipinski definition) is 3. The Balaban J connectivity index is 1.25. The average Bonchev–Trinajstić information content (AvgIpc) is 3.55. The molecule has 4 aromatic rings. The van der Waals surface area contributed by atoms with Gasteiger partial charge in [0.05, 0.1) is 11.4 Å². The quantitative estimate of drug-likeness (QED) is 0.305. The van der Waals surface area contributed by atoms with Crippen LogP contribution in [0.4, 0.5) is 10.5 Å². The number of phenolic OH excluding ortho intramolecular Hbond substituents is 1. The Bertz CT molecular complexity index is 1510. The Morgan fingerprint density at radius 1 is 0.974 bits per heavy atom. The fourth-order valence-electron chi connectivity index (χ4n) is 4.59. The molecule has 6 rings (SSSR count). The molecule has 192 valence electrons. The number of aromatic hydroxyl groups is 1. The van der Waals surface area contributed by atoms with Crippen LogP contribution in [0.25, 0.3) is 11.3 Å². The zero-order chi connectivity index (χ0) is 26.1. The summed E-state index contributed by atoms with van der Waals surface area (Å²) in [5.74, 6) is 1.01. The van der Waals surface area contributed by atoms with Gasteiger partial charge in [0.2, 0.25) is 6.79 Å². The molecule has 3 aromatic carbocycles. The number of carbonyl (C=O) groups excluding carboxylic acids is 2. The van der Waals surface area contributed by atoms with Crippen molar-refractivity contribution in [3.63, 3.8) is 0 Å². The lowest BCUT2D eigenvalue weighted by Gasteiger charge is -2.25. The number of hydrogen-bond acceptors (Lipinski definition) is 6. The third-order valence-corrected chi connectivity index (χ3v) is 6.90. The summed E-state index contributed by atoms with van der Waals surface area (Å²) < 4.78 is 12.1. The Morgan fingerprint density at radius 3 is 2.58 bits per heavy atom. The van der Waals surface area contributed by atoms with Gasteiger partial charge < -0.3 is 25.2 Å². The predicted molar refractivity (Wildman–Crippen MR) is 141 cm³/mol. The van der Waals surface area contributed by atoms with Gasteiger partial charge in [-0.2, -0.15) is 9.78 Å². The van der Waals surface area contributed by atoms with Gasteiger partial charge in [0.15, 0.2) is 11.5 Å². The van der Waals surface area contributed by atoms with Crippen molar-refractivity contribution in [3.05, 3.63) is 89.6 Å². The molecule has 2 amide bonds. The number of nitrogens with zero attached hydrogens (tertiary/aromatic N) is 2. The molecule has 9 nitrogen and oxygen atoms in total. The van der Waals surface area contributed by atoms with Gasteiger partial charge in [-0.15, -0.1) is 0 Å². The number of phenols is 1. The Morgan fingerprint density at radius 2 is 1.79 bits per heavy atom. The van der Waals surface area contributed by atoms with E-state index in [4.69, 9.17) is 9.47 Å². The van der Waals surface area contributed by atoms with E-state index in [0.717, 1.165) is 30.5 Å². The molecule has 38 heavy (non-hydrogen) atoms. The van der Waals surface area contributed by atoms with Crippen LogP contribution in [0.15, 0.2) is 72.8 Å². The second-order valence-corrected chi connectivity index (χ2v) is 9.39. The molecule has 0 spiro atoms. The van der Waals surface area contributed by atoms with Gasteiger partial charge >= 0.3 is 6.03 Å². The number of aromatic nitrogens is 2. The molecule has 3 N–H and O–H groups in total. The average molecular weight is 511 g/mol. The molecule has 0 radical (unpaired) electrons. The molecule has 1 saturated carbocycles. The predicted octanol–water partition coefficient (Wildman–Crippen LogP) is 5.26. The van der Waals surface area contributed by atoms with E-state index >= 15 is 0 Å². The van der Waals surface area contributed by atoms with Crippen molar-refractivity contribution in [2.75, 3.05) is 12.1 Å². The number of amides is 2. The van der Waals surface area contributed by atoms with Crippen LogP contribution < -0.4 is 20.1 Å². The van der Waals surface area contributed by atoms with Gasteiger partial charge in [-0.25, -0.2) is 4.79 Å². The lowest BCUT2D eigenvalue weighted by Crippen LogP contribution is -2.31. The number of ether oxygens (including phenoxy) is 2. The van der Waals surface area contributed by atoms with Crippen LogP contribution >= 0.6 is 0 Å². The summed E-state index contributed by atoms with van der Waals surface area (Å²) in [4.78, 5) is 26.0. The lowest BCUT2D eigenvalue weighted by atomic mass is 9.82. The number of anilines is 1. The minimum atomic E-state index is -0.332. The second kappa shape index (κ2) is 9.93. The minimum absolute atomic E-state index is 0.000539. The highest BCUT2D eigenvalue weighted by molar-refractivity contribution is 6.05. The summed E-state index contributed by atoms with van der Waals surface area (Å²) in [6.07, 6.45) is 3.06. The van der Waals surface area contributed by atoms with Crippen molar-refractivity contribution < 1.29 is 24.2 Å². The minimum Gasteiger partial charge on any atom is -0.507 e. The van der Waals surface area contributed by atoms with E-state index < -0.39 is 0 Å². The van der Waals surface area contributed by atoms with Crippen LogP contribution in [-0.4, -0.2) is 33.6 Å². The summed E-state index contributed by atoms with van der Waals surface area (Å²) in [5, 5.41) is 21.0. The highest BCUT2D eigenvalue weighted by atomic mass is 16.7. The van der Waals surface area contributed by atoms with Crippen molar-refractivity contribution in [2.24, 2.45) is 0 Å². The molecular weight excluding hydrogens is 484 g/mol. The molecule has 1 aliphatic carbocycles. The monoisotopic (exact) mass is 510 g/mol. The maximum atomic E-state index is 13.1. The van der Waals surface area contributed by atoms with Gasteiger partial charge in [-0.1, -0.05) is 36.8 Å². The van der Waals surface area contributed by atoms with Crippen molar-refractivity contribution >= 4 is 17.6 Å². The van der Waals surface area contributed by atoms with Gasteiger partial charge in [-0.05, 0) is 60.9 Å². The Labute approximate surface area is 219 Å². The first-order chi connectivity index (χ1) is 18.5. The first kappa shape index (κ1) is 23.6. The van der Waals surface area contributed by atoms with E-state index in [9.17, 15) is 14.7 Å². The van der Waals surface area contributed by atoms with Crippen LogP contribution in [0.5, 0.6) is 17.2 Å². The first-order valence-corrected chi connectivity index (χ1v) is 12.5. The van der Waals surface area contributed by atoms with Crippen molar-refractivity contribution in [1.82, 2.24) is 15.1 Å². The zero-order valence-corrected chi connectivity index (χ0v) is 20.5. The summed E-state index contributed by atoms with van der Waals surface area (Å²) in [6.45, 7) is 0.507. The molecule has 0 unspecified atom stereocenters. The van der Waals surface area contributed by atoms with Crippen LogP contribution in [-0.2, 0) is 6.54 Å². The molecule has 1 aromatic heterocycles. The number of carbonyl (C=O) groups is 2. The van der Waals surface area contributed by atoms with Crippen molar-refractivity contribution in [3.8, 4) is 28.5 Å². The molecule has 0 saturated heterocycles. The summed E-state index contributed by atoms with van der Waals surface area (Å²) in [6, 6.07) is 20.9. The van der Waals surface area contributed by atoms with Crippen molar-refractivity contribution in [2.45, 2.75) is 31.7 Å². The van der Waals surface area contributed by atoms with E-state index in [1.165, 1.54) is 10.7 Å². The third-order valence-electron chi connectivity index (χ3n) is 6.90. The van der Waals surface area contributed by atoms with E-state index in [2.05, 4.69) is 15.7 Å². The van der Waals surface area contributed by atoms with Gasteiger partial charge in [0.25, 0.3) is 5.91 Å². The van der Waals surface area contributed by atoms with Gasteiger partial charge in [0.1, 0.15) is 5.75 Å². The Kier molecular flexibility index (Phi) is 6.17. The molecular formula is C29H26N4O5. The van der Waals surface area contributed by atoms with Gasteiger partial charge in [-0.3, -0.25) is 4.79 Å². The fourth-order valence-corrected chi connectivity index (χ4v) is 4.59. The largest absolute Gasteiger partial charge is 0.507 e. The lowest BCUT2D eigenvalue weighted by molar-refractivity contribution is 0.102. The van der Waals surface area contributed by atoms with Crippen LogP contribution in [0.3, 0.4) is 0 Å². The number of fused-ring (bicyclic) bond motifs is 1. The van der Waals surface area contributed by atoms with E-state index in [0.29, 0.717) is 40.6 Å². The highest BCUT2D eigenvalue weighted by Crippen LogP contribution is 2.39. The molecule has 2 heterocycles. The number of benzene rings is 3. The molecule has 1 fully saturated rings. The molecule has 0 atom stereocenters. The molecule has 1 aliphatic heterocycles. The third kappa shape index (κ3) is 4.66. The molecule has 2 aliphatic rings. The van der Waals surface area contributed by atoms with Crippen molar-refractivity contribution in [1.29, 1.82) is 0 Å². The molecule has 0 bridgehead atoms. The number of nitrogens with one attached hydrogen (secondary N) is 2. The smallest absolute Gasteiger partial charge is 0.342 e. The summed E-state index contributed by atoms with van der Waals surface area (Å²) >= 11 is 0. The highest BCUT2D eigenvalue weighted by Gasteiger charge is 2.28. The maximum Gasteiger partial charge on any atom is 0.342 e. The summed E-state index contributed by atoms with van der Waals surface area (Å²) in [5.41, 5.74) is 3.57. The van der Waals surface area contributed by atoms with E-state index in [1.54, 1.807) is 30.3 Å². The SMILES string of the molecule is O=C(Nc1ccc(O)c(-c2cc(C3CCC3)n(C(=O)NCc3ccccc3)n2)c1)c1ccc2c(c1)OCO2. The Hall–Kier alpha value is -4.79. The van der Waals surface area contributed by atoms with Gasteiger partial charge in [0, 0.05) is 29.3 Å². The van der Waals surface area contributed by atoms with Crippen LogP contribution in [0.2, 0.25) is 0 Å². The van der Waals surface area contributed by atoms with E-state index in [-0.39, 0.29) is 30.4 Å². The normalized spacial score (nSPS) is 14.1. The number of rotatable bonds is 6. The van der Waals surface area contributed by atoms with Crippen LogP contribution in [0.1, 0.15) is 46.8 Å².